The lowest BCUT2D eigenvalue weighted by atomic mass is 10.1. The fourth-order valence-electron chi connectivity index (χ4n) is 1.66. The van der Waals surface area contributed by atoms with E-state index in [0.29, 0.717) is 12.5 Å². The Bertz CT molecular complexity index is 144. The minimum absolute atomic E-state index is 0.394. The third kappa shape index (κ3) is 4.39. The Kier molecular flexibility index (Phi) is 5.01. The molecule has 1 fully saturated rings. The summed E-state index contributed by atoms with van der Waals surface area (Å²) in [6.45, 7) is 2.73. The number of hydrogen-bond donors (Lipinski definition) is 0. The van der Waals surface area contributed by atoms with Crippen LogP contribution in [0.2, 0.25) is 0 Å². The summed E-state index contributed by atoms with van der Waals surface area (Å²) in [6, 6.07) is 0. The summed E-state index contributed by atoms with van der Waals surface area (Å²) in [4.78, 5) is 12.3. The van der Waals surface area contributed by atoms with Crippen LogP contribution in [0.5, 0.6) is 0 Å². The number of ether oxygens (including phenoxy) is 1. The predicted molar refractivity (Wildman–Crippen MR) is 51.8 cm³/mol. The number of nitrogens with zero attached hydrogens (tertiary/aromatic N) is 1. The van der Waals surface area contributed by atoms with E-state index in [2.05, 4.69) is 4.90 Å². The van der Waals surface area contributed by atoms with Crippen LogP contribution in [0, 0.1) is 0 Å². The molecule has 1 heterocycles. The second-order valence-corrected chi connectivity index (χ2v) is 3.71. The van der Waals surface area contributed by atoms with E-state index in [1.165, 1.54) is 19.3 Å². The molecule has 0 spiro atoms. The molecule has 1 aliphatic rings. The molecule has 3 heteroatoms. The molecule has 1 unspecified atom stereocenters. The van der Waals surface area contributed by atoms with E-state index in [9.17, 15) is 4.79 Å². The first-order valence-electron chi connectivity index (χ1n) is 5.06. The Morgan fingerprint density at radius 2 is 2.38 bits per heavy atom. The number of hydrogen-bond acceptors (Lipinski definition) is 3. The van der Waals surface area contributed by atoms with Gasteiger partial charge in [0, 0.05) is 26.1 Å². The molecule has 0 N–H and O–H groups in total. The maximum absolute atomic E-state index is 10.1. The lowest BCUT2D eigenvalue weighted by molar-refractivity contribution is -0.108. The van der Waals surface area contributed by atoms with E-state index in [4.69, 9.17) is 4.74 Å². The van der Waals surface area contributed by atoms with Gasteiger partial charge in [0.25, 0.3) is 0 Å². The van der Waals surface area contributed by atoms with Gasteiger partial charge < -0.3 is 14.4 Å². The maximum Gasteiger partial charge on any atom is 0.121 e. The van der Waals surface area contributed by atoms with Crippen molar-refractivity contribution in [3.63, 3.8) is 0 Å². The summed E-state index contributed by atoms with van der Waals surface area (Å²) in [7, 11) is 2.04. The van der Waals surface area contributed by atoms with Gasteiger partial charge in [-0.15, -0.1) is 0 Å². The highest BCUT2D eigenvalue weighted by Gasteiger charge is 2.15. The number of likely N-dealkylation sites (N-methyl/N-ethyl adjacent to an activating group) is 1. The van der Waals surface area contributed by atoms with Crippen molar-refractivity contribution in [3.8, 4) is 0 Å². The zero-order valence-corrected chi connectivity index (χ0v) is 8.37. The molecule has 1 saturated heterocycles. The fraction of sp³-hybridized carbons (Fsp3) is 0.900. The van der Waals surface area contributed by atoms with Crippen LogP contribution in [0.4, 0.5) is 0 Å². The van der Waals surface area contributed by atoms with Crippen LogP contribution < -0.4 is 0 Å². The summed E-state index contributed by atoms with van der Waals surface area (Å²) < 4.78 is 5.60. The van der Waals surface area contributed by atoms with Crippen LogP contribution in [-0.4, -0.2) is 44.0 Å². The summed E-state index contributed by atoms with van der Waals surface area (Å²) in [5.74, 6) is 0. The largest absolute Gasteiger partial charge is 0.377 e. The first-order valence-corrected chi connectivity index (χ1v) is 5.06. The normalized spacial score (nSPS) is 23.4. The molecule has 0 aromatic carbocycles. The molecule has 3 nitrogen and oxygen atoms in total. The second kappa shape index (κ2) is 6.11. The Morgan fingerprint density at radius 3 is 3.00 bits per heavy atom. The third-order valence-corrected chi connectivity index (χ3v) is 2.42. The van der Waals surface area contributed by atoms with E-state index in [0.717, 1.165) is 26.0 Å². The molecule has 76 valence electrons. The number of carbonyl (C=O) groups is 1. The molecule has 0 aromatic rings. The van der Waals surface area contributed by atoms with Crippen LogP contribution >= 0.6 is 0 Å². The van der Waals surface area contributed by atoms with Gasteiger partial charge in [-0.1, -0.05) is 0 Å². The molecule has 0 radical (unpaired) electrons. The molecular formula is C10H19NO2. The highest BCUT2D eigenvalue weighted by molar-refractivity contribution is 5.49. The van der Waals surface area contributed by atoms with E-state index >= 15 is 0 Å². The number of carbonyl (C=O) groups excluding carboxylic acids is 1. The van der Waals surface area contributed by atoms with Crippen molar-refractivity contribution in [1.29, 1.82) is 0 Å². The lowest BCUT2D eigenvalue weighted by Gasteiger charge is -2.26. The van der Waals surface area contributed by atoms with Crippen LogP contribution in [0.1, 0.15) is 25.7 Å². The number of aldehydes is 1. The SMILES string of the molecule is CN(CCC=O)CC1CCCCO1. The van der Waals surface area contributed by atoms with Crippen LogP contribution in [0.3, 0.4) is 0 Å². The van der Waals surface area contributed by atoms with Gasteiger partial charge in [0.15, 0.2) is 0 Å². The summed E-state index contributed by atoms with van der Waals surface area (Å²) in [5, 5.41) is 0. The van der Waals surface area contributed by atoms with E-state index in [1.54, 1.807) is 0 Å². The zero-order valence-electron chi connectivity index (χ0n) is 8.37. The highest BCUT2D eigenvalue weighted by atomic mass is 16.5. The van der Waals surface area contributed by atoms with E-state index < -0.39 is 0 Å². The molecule has 1 rings (SSSR count). The molecule has 0 aliphatic carbocycles. The average Bonchev–Trinajstić information content (AvgIpc) is 2.16. The third-order valence-electron chi connectivity index (χ3n) is 2.42. The quantitative estimate of drug-likeness (QED) is 0.600. The first-order chi connectivity index (χ1) is 6.33. The molecule has 0 aromatic heterocycles. The molecule has 0 saturated carbocycles. The lowest BCUT2D eigenvalue weighted by Crippen LogP contribution is -2.33. The molecule has 0 bridgehead atoms. The van der Waals surface area contributed by atoms with Gasteiger partial charge in [-0.2, -0.15) is 0 Å². The predicted octanol–water partition coefficient (Wildman–Crippen LogP) is 1.08. The Hall–Kier alpha value is -0.410. The molecule has 1 aliphatic heterocycles. The molecular weight excluding hydrogens is 166 g/mol. The fourth-order valence-corrected chi connectivity index (χ4v) is 1.66. The Morgan fingerprint density at radius 1 is 1.54 bits per heavy atom. The van der Waals surface area contributed by atoms with Crippen molar-refractivity contribution >= 4 is 6.29 Å². The molecule has 1 atom stereocenters. The summed E-state index contributed by atoms with van der Waals surface area (Å²) in [5.41, 5.74) is 0. The van der Waals surface area contributed by atoms with Crippen LogP contribution in [0.25, 0.3) is 0 Å². The van der Waals surface area contributed by atoms with Crippen LogP contribution in [0.15, 0.2) is 0 Å². The van der Waals surface area contributed by atoms with Crippen molar-refractivity contribution in [2.45, 2.75) is 31.8 Å². The monoisotopic (exact) mass is 185 g/mol. The van der Waals surface area contributed by atoms with Crippen molar-refractivity contribution in [2.24, 2.45) is 0 Å². The smallest absolute Gasteiger partial charge is 0.121 e. The standard InChI is InChI=1S/C10H19NO2/c1-11(6-4-7-12)9-10-5-2-3-8-13-10/h7,10H,2-6,8-9H2,1H3. The van der Waals surface area contributed by atoms with Gasteiger partial charge >= 0.3 is 0 Å². The highest BCUT2D eigenvalue weighted by Crippen LogP contribution is 2.13. The Labute approximate surface area is 80.1 Å². The summed E-state index contributed by atoms with van der Waals surface area (Å²) in [6.07, 6.45) is 5.65. The maximum atomic E-state index is 10.1. The summed E-state index contributed by atoms with van der Waals surface area (Å²) >= 11 is 0. The van der Waals surface area contributed by atoms with Gasteiger partial charge in [0.05, 0.1) is 6.10 Å². The zero-order chi connectivity index (χ0) is 9.52. The first kappa shape index (κ1) is 10.7. The minimum Gasteiger partial charge on any atom is -0.377 e. The van der Waals surface area contributed by atoms with Gasteiger partial charge in [-0.3, -0.25) is 0 Å². The van der Waals surface area contributed by atoms with Gasteiger partial charge in [-0.05, 0) is 26.3 Å². The van der Waals surface area contributed by atoms with Gasteiger partial charge in [0.2, 0.25) is 0 Å². The minimum atomic E-state index is 0.394. The second-order valence-electron chi connectivity index (χ2n) is 3.71. The van der Waals surface area contributed by atoms with Crippen molar-refractivity contribution < 1.29 is 9.53 Å². The van der Waals surface area contributed by atoms with Gasteiger partial charge in [0.1, 0.15) is 6.29 Å². The Balaban J connectivity index is 2.10. The van der Waals surface area contributed by atoms with E-state index in [1.807, 2.05) is 7.05 Å². The van der Waals surface area contributed by atoms with Crippen molar-refractivity contribution in [3.05, 3.63) is 0 Å². The van der Waals surface area contributed by atoms with Crippen molar-refractivity contribution in [1.82, 2.24) is 4.90 Å². The number of rotatable bonds is 5. The van der Waals surface area contributed by atoms with Crippen LogP contribution in [-0.2, 0) is 9.53 Å². The van der Waals surface area contributed by atoms with E-state index in [-0.39, 0.29) is 0 Å². The average molecular weight is 185 g/mol. The topological polar surface area (TPSA) is 29.5 Å². The van der Waals surface area contributed by atoms with Crippen molar-refractivity contribution in [2.75, 3.05) is 26.7 Å². The van der Waals surface area contributed by atoms with Gasteiger partial charge in [-0.25, -0.2) is 0 Å². The molecule has 13 heavy (non-hydrogen) atoms. The molecule has 0 amide bonds.